The number of nitrogens with zero attached hydrogens (tertiary/aromatic N) is 1. The Labute approximate surface area is 173 Å². The number of likely N-dealkylation sites (tertiary alicyclic amines) is 1. The number of aliphatic hydroxyl groups is 2. The van der Waals surface area contributed by atoms with E-state index in [1.807, 2.05) is 11.8 Å². The minimum absolute atomic E-state index is 0.00113. The van der Waals surface area contributed by atoms with Crippen molar-refractivity contribution in [1.82, 2.24) is 10.2 Å². The van der Waals surface area contributed by atoms with Gasteiger partial charge in [0.2, 0.25) is 11.8 Å². The van der Waals surface area contributed by atoms with E-state index in [2.05, 4.69) is 26.1 Å². The Hall–Kier alpha value is -1.14. The molecule has 0 aromatic heterocycles. The average molecular weight is 405 g/mol. The molecule has 4 saturated carbocycles. The van der Waals surface area contributed by atoms with Gasteiger partial charge in [-0.3, -0.25) is 9.59 Å². The van der Waals surface area contributed by atoms with Crippen molar-refractivity contribution in [3.63, 3.8) is 0 Å². The highest BCUT2D eigenvalue weighted by Gasteiger charge is 2.79. The van der Waals surface area contributed by atoms with Gasteiger partial charge in [0.25, 0.3) is 0 Å². The van der Waals surface area contributed by atoms with Crippen molar-refractivity contribution in [3.8, 4) is 0 Å². The summed E-state index contributed by atoms with van der Waals surface area (Å²) in [4.78, 5) is 25.8. The number of rotatable bonds is 3. The minimum Gasteiger partial charge on any atom is -0.394 e. The van der Waals surface area contributed by atoms with Crippen LogP contribution in [0.1, 0.15) is 53.4 Å². The average Bonchev–Trinajstić information content (AvgIpc) is 3.64. The Bertz CT molecular complexity index is 736. The standard InChI is InChI=1S/C15H25NO2.C8H11NO2/c1-9(14(2,3)4)13(18)16-7-10-12(11(16)8-17)15(10)5-6-15;10-3-4-5-6(7(11)9-4)8(5)1-2-8/h9-12,17H,5-8H2,1-4H3;4-6,10H,1-3H2,(H,9,11)/t9-,10?,11-,12+;4-,5-,6?/m11/s1. The Balaban J connectivity index is 0.000000140. The molecule has 6 heteroatoms. The molecule has 6 aliphatic rings. The molecule has 7 atom stereocenters. The zero-order valence-electron chi connectivity index (χ0n) is 18.1. The Morgan fingerprint density at radius 1 is 1.14 bits per heavy atom. The zero-order valence-corrected chi connectivity index (χ0v) is 18.1. The molecule has 0 radical (unpaired) electrons. The summed E-state index contributed by atoms with van der Waals surface area (Å²) in [5, 5.41) is 21.4. The predicted molar refractivity (Wildman–Crippen MR) is 108 cm³/mol. The maximum Gasteiger partial charge on any atom is 0.226 e. The summed E-state index contributed by atoms with van der Waals surface area (Å²) in [7, 11) is 0. The van der Waals surface area contributed by atoms with E-state index in [-0.39, 0.29) is 54.4 Å². The van der Waals surface area contributed by atoms with Gasteiger partial charge in [-0.25, -0.2) is 0 Å². The zero-order chi connectivity index (χ0) is 20.9. The van der Waals surface area contributed by atoms with E-state index < -0.39 is 0 Å². The summed E-state index contributed by atoms with van der Waals surface area (Å²) >= 11 is 0. The fraction of sp³-hybridized carbons (Fsp3) is 0.913. The molecule has 29 heavy (non-hydrogen) atoms. The fourth-order valence-corrected chi connectivity index (χ4v) is 6.92. The van der Waals surface area contributed by atoms with Gasteiger partial charge in [-0.15, -0.1) is 0 Å². The van der Waals surface area contributed by atoms with Crippen LogP contribution < -0.4 is 5.32 Å². The van der Waals surface area contributed by atoms with Crippen molar-refractivity contribution >= 4 is 11.8 Å². The smallest absolute Gasteiger partial charge is 0.226 e. The first-order valence-corrected chi connectivity index (χ1v) is 11.4. The molecule has 162 valence electrons. The van der Waals surface area contributed by atoms with Crippen molar-refractivity contribution < 1.29 is 19.8 Å². The predicted octanol–water partition coefficient (Wildman–Crippen LogP) is 1.40. The van der Waals surface area contributed by atoms with Crippen molar-refractivity contribution in [2.75, 3.05) is 19.8 Å². The molecular weight excluding hydrogens is 368 g/mol. The summed E-state index contributed by atoms with van der Waals surface area (Å²) in [6.07, 6.45) is 5.09. The second kappa shape index (κ2) is 5.97. The van der Waals surface area contributed by atoms with Crippen LogP contribution in [0.4, 0.5) is 0 Å². The van der Waals surface area contributed by atoms with Crippen LogP contribution in [-0.2, 0) is 9.59 Å². The summed E-state index contributed by atoms with van der Waals surface area (Å²) in [6.45, 7) is 9.52. The summed E-state index contributed by atoms with van der Waals surface area (Å²) in [5.74, 6) is 2.53. The van der Waals surface area contributed by atoms with E-state index in [0.29, 0.717) is 28.6 Å². The quantitative estimate of drug-likeness (QED) is 0.663. The first-order chi connectivity index (χ1) is 13.6. The van der Waals surface area contributed by atoms with E-state index in [1.165, 1.54) is 25.7 Å². The maximum absolute atomic E-state index is 12.6. The van der Waals surface area contributed by atoms with Crippen LogP contribution in [0.25, 0.3) is 0 Å². The van der Waals surface area contributed by atoms with Gasteiger partial charge in [0.1, 0.15) is 0 Å². The molecule has 6 nitrogen and oxygen atoms in total. The molecule has 3 N–H and O–H groups in total. The molecule has 4 aliphatic carbocycles. The third kappa shape index (κ3) is 2.67. The van der Waals surface area contributed by atoms with Crippen molar-refractivity contribution in [2.24, 2.45) is 45.8 Å². The maximum atomic E-state index is 12.6. The van der Waals surface area contributed by atoms with Crippen LogP contribution >= 0.6 is 0 Å². The Morgan fingerprint density at radius 3 is 2.21 bits per heavy atom. The highest BCUT2D eigenvalue weighted by atomic mass is 16.3. The van der Waals surface area contributed by atoms with Crippen LogP contribution in [0.5, 0.6) is 0 Å². The molecule has 6 rings (SSSR count). The lowest BCUT2D eigenvalue weighted by atomic mass is 9.81. The van der Waals surface area contributed by atoms with Gasteiger partial charge in [0.15, 0.2) is 0 Å². The summed E-state index contributed by atoms with van der Waals surface area (Å²) in [6, 6.07) is 0.185. The van der Waals surface area contributed by atoms with Gasteiger partial charge < -0.3 is 20.4 Å². The second-order valence-corrected chi connectivity index (χ2v) is 11.7. The molecule has 6 fully saturated rings. The minimum atomic E-state index is 0.00113. The molecule has 2 heterocycles. The third-order valence-electron chi connectivity index (χ3n) is 9.50. The van der Waals surface area contributed by atoms with E-state index in [4.69, 9.17) is 5.11 Å². The largest absolute Gasteiger partial charge is 0.394 e. The number of amides is 2. The second-order valence-electron chi connectivity index (χ2n) is 11.7. The lowest BCUT2D eigenvalue weighted by molar-refractivity contribution is -0.141. The number of aliphatic hydroxyl groups excluding tert-OH is 2. The summed E-state index contributed by atoms with van der Waals surface area (Å²) < 4.78 is 0. The first-order valence-electron chi connectivity index (χ1n) is 11.4. The SMILES string of the molecule is C[C@H](C(=O)N1CC2[C@@H]([C@H]1CO)C21CC1)C(C)(C)C.O=C1N[C@H](CO)[C@@H]2C1C21CC1. The number of carbonyl (C=O) groups is 2. The van der Waals surface area contributed by atoms with Crippen LogP contribution in [0.2, 0.25) is 0 Å². The lowest BCUT2D eigenvalue weighted by Crippen LogP contribution is -2.46. The van der Waals surface area contributed by atoms with Crippen LogP contribution in [0, 0.1) is 45.8 Å². The molecule has 2 spiro atoms. The monoisotopic (exact) mass is 404 g/mol. The fourth-order valence-electron chi connectivity index (χ4n) is 6.92. The van der Waals surface area contributed by atoms with E-state index in [9.17, 15) is 14.7 Å². The van der Waals surface area contributed by atoms with Crippen LogP contribution in [0.3, 0.4) is 0 Å². The van der Waals surface area contributed by atoms with Gasteiger partial charge in [-0.2, -0.15) is 0 Å². The lowest BCUT2D eigenvalue weighted by Gasteiger charge is -2.35. The first kappa shape index (κ1) is 19.8. The van der Waals surface area contributed by atoms with E-state index in [0.717, 1.165) is 6.54 Å². The van der Waals surface area contributed by atoms with Gasteiger partial charge in [0, 0.05) is 18.4 Å². The molecule has 0 aromatic rings. The molecule has 0 bridgehead atoms. The number of carbonyl (C=O) groups excluding carboxylic acids is 2. The molecule has 2 unspecified atom stereocenters. The highest BCUT2D eigenvalue weighted by Crippen LogP contribution is 2.79. The molecule has 2 saturated heterocycles. The summed E-state index contributed by atoms with van der Waals surface area (Å²) in [5.41, 5.74) is 0.950. The van der Waals surface area contributed by atoms with E-state index >= 15 is 0 Å². The number of hydrogen-bond donors (Lipinski definition) is 3. The van der Waals surface area contributed by atoms with Gasteiger partial charge in [-0.1, -0.05) is 27.7 Å². The number of fused-ring (bicyclic) bond motifs is 6. The number of nitrogens with one attached hydrogen (secondary N) is 1. The third-order valence-corrected chi connectivity index (χ3v) is 9.50. The van der Waals surface area contributed by atoms with Gasteiger partial charge in [0.05, 0.1) is 25.3 Å². The van der Waals surface area contributed by atoms with E-state index in [1.54, 1.807) is 0 Å². The van der Waals surface area contributed by atoms with Gasteiger partial charge >= 0.3 is 0 Å². The van der Waals surface area contributed by atoms with Crippen LogP contribution in [-0.4, -0.2) is 58.8 Å². The molecule has 2 aliphatic heterocycles. The molecule has 2 amide bonds. The van der Waals surface area contributed by atoms with Crippen LogP contribution in [0.15, 0.2) is 0 Å². The van der Waals surface area contributed by atoms with Crippen molar-refractivity contribution in [1.29, 1.82) is 0 Å². The topological polar surface area (TPSA) is 89.9 Å². The molecule has 0 aromatic carbocycles. The van der Waals surface area contributed by atoms with Crippen molar-refractivity contribution in [2.45, 2.75) is 65.5 Å². The number of hydrogen-bond acceptors (Lipinski definition) is 4. The van der Waals surface area contributed by atoms with Crippen molar-refractivity contribution in [3.05, 3.63) is 0 Å². The highest BCUT2D eigenvalue weighted by molar-refractivity contribution is 5.88. The normalized spacial score (nSPS) is 41.9. The Morgan fingerprint density at radius 2 is 1.76 bits per heavy atom. The van der Waals surface area contributed by atoms with Gasteiger partial charge in [-0.05, 0) is 59.7 Å². The Kier molecular flexibility index (Phi) is 4.08. The number of piperidine rings is 2. The molecular formula is C23H36N2O4.